The van der Waals surface area contributed by atoms with Crippen LogP contribution in [0.15, 0.2) is 29.0 Å². The van der Waals surface area contributed by atoms with Gasteiger partial charge in [-0.2, -0.15) is 5.10 Å². The third kappa shape index (κ3) is 4.11. The Labute approximate surface area is 126 Å². The van der Waals surface area contributed by atoms with Gasteiger partial charge in [0.2, 0.25) is 0 Å². The number of rotatable bonds is 6. The van der Waals surface area contributed by atoms with E-state index in [2.05, 4.69) is 45.2 Å². The van der Waals surface area contributed by atoms with Crippen molar-refractivity contribution in [3.05, 3.63) is 46.2 Å². The van der Waals surface area contributed by atoms with Gasteiger partial charge in [-0.1, -0.05) is 26.0 Å². The summed E-state index contributed by atoms with van der Waals surface area (Å²) in [7, 11) is 0. The van der Waals surface area contributed by atoms with E-state index >= 15 is 0 Å². The van der Waals surface area contributed by atoms with Gasteiger partial charge in [0, 0.05) is 0 Å². The van der Waals surface area contributed by atoms with Crippen LogP contribution in [0.5, 0.6) is 0 Å². The highest BCUT2D eigenvalue weighted by Gasteiger charge is 2.07. The molecule has 1 N–H and O–H groups in total. The van der Waals surface area contributed by atoms with Crippen LogP contribution in [-0.4, -0.2) is 21.3 Å². The van der Waals surface area contributed by atoms with Gasteiger partial charge in [0.25, 0.3) is 0 Å². The van der Waals surface area contributed by atoms with Crippen molar-refractivity contribution in [2.75, 3.05) is 6.54 Å². The molecule has 0 saturated heterocycles. The van der Waals surface area contributed by atoms with Crippen LogP contribution in [0.1, 0.15) is 25.2 Å². The monoisotopic (exact) mass is 340 g/mol. The van der Waals surface area contributed by atoms with Crippen molar-refractivity contribution in [2.45, 2.75) is 26.9 Å². The average Bonchev–Trinajstić information content (AvgIpc) is 2.82. The molecule has 0 unspecified atom stereocenters. The lowest BCUT2D eigenvalue weighted by Gasteiger charge is -2.05. The highest BCUT2D eigenvalue weighted by molar-refractivity contribution is 9.10. The highest BCUT2D eigenvalue weighted by Crippen LogP contribution is 2.20. The van der Waals surface area contributed by atoms with Gasteiger partial charge in [0.1, 0.15) is 12.1 Å². The molecule has 6 heteroatoms. The van der Waals surface area contributed by atoms with E-state index in [1.165, 1.54) is 6.07 Å². The second-order valence-electron chi connectivity index (χ2n) is 5.10. The second kappa shape index (κ2) is 6.95. The molecule has 1 aromatic carbocycles. The van der Waals surface area contributed by atoms with Crippen LogP contribution < -0.4 is 5.32 Å². The minimum absolute atomic E-state index is 0.263. The Hall–Kier alpha value is -1.27. The topological polar surface area (TPSA) is 42.7 Å². The molecule has 1 aromatic heterocycles. The first-order valence-corrected chi connectivity index (χ1v) is 7.37. The summed E-state index contributed by atoms with van der Waals surface area (Å²) in [5.74, 6) is 1.08. The standard InChI is InChI=1S/C14H18BrFN4/c1-10(2)6-17-7-13-18-9-20(19-13)8-11-4-3-5-12(16)14(11)15/h3-5,9-10,17H,6-8H2,1-2H3. The fraction of sp³-hybridized carbons (Fsp3) is 0.429. The molecule has 0 saturated carbocycles. The van der Waals surface area contributed by atoms with Gasteiger partial charge < -0.3 is 5.32 Å². The van der Waals surface area contributed by atoms with Gasteiger partial charge in [-0.25, -0.2) is 14.1 Å². The van der Waals surface area contributed by atoms with Gasteiger partial charge in [0.15, 0.2) is 5.82 Å². The summed E-state index contributed by atoms with van der Waals surface area (Å²) in [6.45, 7) is 6.38. The third-order valence-corrected chi connectivity index (χ3v) is 3.67. The van der Waals surface area contributed by atoms with Crippen molar-refractivity contribution in [2.24, 2.45) is 5.92 Å². The minimum Gasteiger partial charge on any atom is -0.310 e. The molecule has 0 spiro atoms. The molecule has 0 amide bonds. The van der Waals surface area contributed by atoms with Gasteiger partial charge in [-0.15, -0.1) is 0 Å². The van der Waals surface area contributed by atoms with Crippen molar-refractivity contribution >= 4 is 15.9 Å². The summed E-state index contributed by atoms with van der Waals surface area (Å²) in [4.78, 5) is 4.24. The summed E-state index contributed by atoms with van der Waals surface area (Å²) >= 11 is 3.25. The Balaban J connectivity index is 1.97. The van der Waals surface area contributed by atoms with E-state index in [0.29, 0.717) is 23.5 Å². The van der Waals surface area contributed by atoms with E-state index in [-0.39, 0.29) is 5.82 Å². The third-order valence-electron chi connectivity index (χ3n) is 2.78. The smallest absolute Gasteiger partial charge is 0.164 e. The van der Waals surface area contributed by atoms with Crippen LogP contribution >= 0.6 is 15.9 Å². The minimum atomic E-state index is -0.263. The Morgan fingerprint density at radius 2 is 2.20 bits per heavy atom. The van der Waals surface area contributed by atoms with E-state index in [4.69, 9.17) is 0 Å². The van der Waals surface area contributed by atoms with Crippen molar-refractivity contribution < 1.29 is 4.39 Å². The van der Waals surface area contributed by atoms with Crippen molar-refractivity contribution in [3.8, 4) is 0 Å². The molecule has 0 aliphatic carbocycles. The van der Waals surface area contributed by atoms with Crippen LogP contribution in [0, 0.1) is 11.7 Å². The van der Waals surface area contributed by atoms with Gasteiger partial charge >= 0.3 is 0 Å². The maximum absolute atomic E-state index is 13.4. The fourth-order valence-electron chi connectivity index (χ4n) is 1.81. The summed E-state index contributed by atoms with van der Waals surface area (Å²) in [5, 5.41) is 7.66. The quantitative estimate of drug-likeness (QED) is 0.878. The van der Waals surface area contributed by atoms with E-state index in [1.807, 2.05) is 6.07 Å². The lowest BCUT2D eigenvalue weighted by Crippen LogP contribution is -2.19. The van der Waals surface area contributed by atoms with Crippen LogP contribution in [0.25, 0.3) is 0 Å². The van der Waals surface area contributed by atoms with Crippen LogP contribution in [-0.2, 0) is 13.1 Å². The molecule has 2 rings (SSSR count). The maximum atomic E-state index is 13.4. The molecule has 0 atom stereocenters. The molecule has 0 radical (unpaired) electrons. The van der Waals surface area contributed by atoms with Crippen LogP contribution in [0.4, 0.5) is 4.39 Å². The SMILES string of the molecule is CC(C)CNCc1ncn(Cc2cccc(F)c2Br)n1. The van der Waals surface area contributed by atoms with Crippen molar-refractivity contribution in [1.29, 1.82) is 0 Å². The van der Waals surface area contributed by atoms with Gasteiger partial charge in [-0.05, 0) is 40.0 Å². The van der Waals surface area contributed by atoms with E-state index < -0.39 is 0 Å². The second-order valence-corrected chi connectivity index (χ2v) is 5.89. The normalized spacial score (nSPS) is 11.2. The molecule has 1 heterocycles. The average molecular weight is 341 g/mol. The Morgan fingerprint density at radius 1 is 1.40 bits per heavy atom. The van der Waals surface area contributed by atoms with Gasteiger partial charge in [0.05, 0.1) is 17.6 Å². The molecule has 0 aliphatic rings. The number of hydrogen-bond acceptors (Lipinski definition) is 3. The predicted molar refractivity (Wildman–Crippen MR) is 79.8 cm³/mol. The Morgan fingerprint density at radius 3 is 2.95 bits per heavy atom. The predicted octanol–water partition coefficient (Wildman–Crippen LogP) is 2.97. The number of halogens is 2. The Bertz CT molecular complexity index is 568. The zero-order chi connectivity index (χ0) is 14.5. The molecule has 2 aromatic rings. The first-order valence-electron chi connectivity index (χ1n) is 6.58. The molecule has 0 aliphatic heterocycles. The number of benzene rings is 1. The summed E-state index contributed by atoms with van der Waals surface area (Å²) in [6, 6.07) is 4.99. The maximum Gasteiger partial charge on any atom is 0.164 e. The van der Waals surface area contributed by atoms with Crippen LogP contribution in [0.3, 0.4) is 0 Å². The fourth-order valence-corrected chi connectivity index (χ4v) is 2.20. The molecule has 20 heavy (non-hydrogen) atoms. The number of hydrogen-bond donors (Lipinski definition) is 1. The van der Waals surface area contributed by atoms with Crippen LogP contribution in [0.2, 0.25) is 0 Å². The number of aromatic nitrogens is 3. The lowest BCUT2D eigenvalue weighted by molar-refractivity contribution is 0.539. The zero-order valence-corrected chi connectivity index (χ0v) is 13.2. The van der Waals surface area contributed by atoms with Gasteiger partial charge in [-0.3, -0.25) is 0 Å². The summed E-state index contributed by atoms with van der Waals surface area (Å²) in [6.07, 6.45) is 1.67. The summed E-state index contributed by atoms with van der Waals surface area (Å²) < 4.78 is 15.6. The van der Waals surface area contributed by atoms with E-state index in [1.54, 1.807) is 17.1 Å². The lowest BCUT2D eigenvalue weighted by atomic mass is 10.2. The molecule has 0 bridgehead atoms. The molecule has 4 nitrogen and oxygen atoms in total. The number of nitrogens with one attached hydrogen (secondary N) is 1. The first kappa shape index (κ1) is 15.1. The van der Waals surface area contributed by atoms with Crippen molar-refractivity contribution in [3.63, 3.8) is 0 Å². The molecule has 108 valence electrons. The van der Waals surface area contributed by atoms with Crippen molar-refractivity contribution in [1.82, 2.24) is 20.1 Å². The highest BCUT2D eigenvalue weighted by atomic mass is 79.9. The molecule has 0 fully saturated rings. The summed E-state index contributed by atoms with van der Waals surface area (Å²) in [5.41, 5.74) is 0.844. The first-order chi connectivity index (χ1) is 9.56. The van der Waals surface area contributed by atoms with E-state index in [9.17, 15) is 4.39 Å². The Kier molecular flexibility index (Phi) is 5.25. The zero-order valence-electron chi connectivity index (χ0n) is 11.6. The number of nitrogens with zero attached hydrogens (tertiary/aromatic N) is 3. The molecular formula is C14H18BrFN4. The largest absolute Gasteiger partial charge is 0.310 e. The van der Waals surface area contributed by atoms with E-state index in [0.717, 1.165) is 17.9 Å². The molecular weight excluding hydrogens is 323 g/mol.